The fourth-order valence-electron chi connectivity index (χ4n) is 1.78. The lowest BCUT2D eigenvalue weighted by Crippen LogP contribution is -2.37. The van der Waals surface area contributed by atoms with Gasteiger partial charge < -0.3 is 15.2 Å². The lowest BCUT2D eigenvalue weighted by atomic mass is 10.2. The SMILES string of the molecule is CC(c1cn[nH]n1)N(CCCNC(=O)OC(C)(C)C)C(=O)O. The molecule has 0 bridgehead atoms. The van der Waals surface area contributed by atoms with Crippen LogP contribution < -0.4 is 5.32 Å². The van der Waals surface area contributed by atoms with Gasteiger partial charge in [0.1, 0.15) is 11.3 Å². The lowest BCUT2D eigenvalue weighted by molar-refractivity contribution is 0.0525. The summed E-state index contributed by atoms with van der Waals surface area (Å²) in [4.78, 5) is 24.0. The average molecular weight is 313 g/mol. The Bertz CT molecular complexity index is 483. The van der Waals surface area contributed by atoms with Crippen LogP contribution in [0.25, 0.3) is 0 Å². The maximum absolute atomic E-state index is 11.5. The third-order valence-corrected chi connectivity index (χ3v) is 2.82. The molecule has 2 amide bonds. The van der Waals surface area contributed by atoms with E-state index in [1.165, 1.54) is 11.1 Å². The first-order valence-electron chi connectivity index (χ1n) is 7.03. The van der Waals surface area contributed by atoms with Crippen LogP contribution in [0.4, 0.5) is 9.59 Å². The van der Waals surface area contributed by atoms with E-state index in [-0.39, 0.29) is 6.54 Å². The second-order valence-electron chi connectivity index (χ2n) is 5.83. The highest BCUT2D eigenvalue weighted by atomic mass is 16.6. The Hall–Kier alpha value is -2.32. The molecular formula is C13H23N5O4. The van der Waals surface area contributed by atoms with Crippen LogP contribution in [0.1, 0.15) is 45.9 Å². The Morgan fingerprint density at radius 3 is 2.68 bits per heavy atom. The van der Waals surface area contributed by atoms with Gasteiger partial charge in [0.25, 0.3) is 0 Å². The number of hydrogen-bond acceptors (Lipinski definition) is 5. The minimum Gasteiger partial charge on any atom is -0.465 e. The summed E-state index contributed by atoms with van der Waals surface area (Å²) in [5.41, 5.74) is -0.0129. The first-order chi connectivity index (χ1) is 10.2. The number of aromatic nitrogens is 3. The topological polar surface area (TPSA) is 120 Å². The quantitative estimate of drug-likeness (QED) is 0.688. The third-order valence-electron chi connectivity index (χ3n) is 2.82. The summed E-state index contributed by atoms with van der Waals surface area (Å²) >= 11 is 0. The number of ether oxygens (including phenoxy) is 1. The minimum absolute atomic E-state index is 0.263. The molecule has 1 heterocycles. The van der Waals surface area contributed by atoms with E-state index in [0.717, 1.165) is 0 Å². The third kappa shape index (κ3) is 5.98. The van der Waals surface area contributed by atoms with Gasteiger partial charge in [0.05, 0.1) is 12.2 Å². The monoisotopic (exact) mass is 313 g/mol. The maximum Gasteiger partial charge on any atom is 0.407 e. The van der Waals surface area contributed by atoms with Gasteiger partial charge in [-0.3, -0.25) is 4.90 Å². The van der Waals surface area contributed by atoms with Crippen molar-refractivity contribution in [2.45, 2.75) is 45.8 Å². The number of amides is 2. The van der Waals surface area contributed by atoms with Crippen molar-refractivity contribution in [2.24, 2.45) is 0 Å². The Balaban J connectivity index is 2.40. The van der Waals surface area contributed by atoms with Crippen molar-refractivity contribution in [1.29, 1.82) is 0 Å². The van der Waals surface area contributed by atoms with Crippen LogP contribution in [-0.2, 0) is 4.74 Å². The number of nitrogens with one attached hydrogen (secondary N) is 2. The van der Waals surface area contributed by atoms with Gasteiger partial charge in [0, 0.05) is 13.1 Å². The highest BCUT2D eigenvalue weighted by Gasteiger charge is 2.22. The van der Waals surface area contributed by atoms with E-state index in [9.17, 15) is 14.7 Å². The Morgan fingerprint density at radius 1 is 1.50 bits per heavy atom. The second-order valence-corrected chi connectivity index (χ2v) is 5.83. The van der Waals surface area contributed by atoms with Crippen LogP contribution in [0.3, 0.4) is 0 Å². The number of hydrogen-bond donors (Lipinski definition) is 3. The molecule has 0 fully saturated rings. The van der Waals surface area contributed by atoms with Gasteiger partial charge in [-0.05, 0) is 34.1 Å². The number of carbonyl (C=O) groups excluding carboxylic acids is 1. The molecule has 1 aromatic rings. The number of carbonyl (C=O) groups is 2. The smallest absolute Gasteiger partial charge is 0.407 e. The Morgan fingerprint density at radius 2 is 2.18 bits per heavy atom. The summed E-state index contributed by atoms with van der Waals surface area (Å²) in [6, 6.07) is -0.419. The highest BCUT2D eigenvalue weighted by Crippen LogP contribution is 2.17. The molecule has 9 nitrogen and oxygen atoms in total. The summed E-state index contributed by atoms with van der Waals surface area (Å²) in [5, 5.41) is 21.9. The zero-order chi connectivity index (χ0) is 16.8. The fraction of sp³-hybridized carbons (Fsp3) is 0.692. The molecule has 3 N–H and O–H groups in total. The molecule has 0 aliphatic rings. The molecule has 22 heavy (non-hydrogen) atoms. The average Bonchev–Trinajstić information content (AvgIpc) is 2.89. The van der Waals surface area contributed by atoms with E-state index < -0.39 is 23.8 Å². The standard InChI is InChI=1S/C13H23N5O4/c1-9(10-8-15-17-16-10)18(12(20)21)7-5-6-14-11(19)22-13(2,3)4/h8-9H,5-7H2,1-4H3,(H,14,19)(H,20,21)(H,15,16,17). The van der Waals surface area contributed by atoms with E-state index in [4.69, 9.17) is 4.74 Å². The molecule has 0 spiro atoms. The van der Waals surface area contributed by atoms with Crippen LogP contribution in [0.15, 0.2) is 6.20 Å². The summed E-state index contributed by atoms with van der Waals surface area (Å²) in [6.07, 6.45) is 0.388. The van der Waals surface area contributed by atoms with Gasteiger partial charge >= 0.3 is 12.2 Å². The summed E-state index contributed by atoms with van der Waals surface area (Å²) < 4.78 is 5.10. The molecule has 0 aromatic carbocycles. The van der Waals surface area contributed by atoms with Gasteiger partial charge in [-0.2, -0.15) is 15.4 Å². The summed E-state index contributed by atoms with van der Waals surface area (Å²) in [5.74, 6) is 0. The molecule has 1 atom stereocenters. The molecule has 0 aliphatic heterocycles. The highest BCUT2D eigenvalue weighted by molar-refractivity contribution is 5.67. The van der Waals surface area contributed by atoms with E-state index in [1.807, 2.05) is 0 Å². The number of rotatable bonds is 6. The van der Waals surface area contributed by atoms with Gasteiger partial charge in [0.2, 0.25) is 0 Å². The first-order valence-corrected chi connectivity index (χ1v) is 7.03. The predicted octanol–water partition coefficient (Wildman–Crippen LogP) is 1.76. The van der Waals surface area contributed by atoms with E-state index >= 15 is 0 Å². The van der Waals surface area contributed by atoms with Crippen molar-refractivity contribution >= 4 is 12.2 Å². The van der Waals surface area contributed by atoms with E-state index in [2.05, 4.69) is 20.7 Å². The van der Waals surface area contributed by atoms with Crippen molar-refractivity contribution in [3.8, 4) is 0 Å². The Labute approximate surface area is 129 Å². The van der Waals surface area contributed by atoms with E-state index in [1.54, 1.807) is 27.7 Å². The number of alkyl carbamates (subject to hydrolysis) is 1. The zero-order valence-corrected chi connectivity index (χ0v) is 13.3. The van der Waals surface area contributed by atoms with Crippen molar-refractivity contribution in [3.63, 3.8) is 0 Å². The number of carboxylic acid groups (broad SMARTS) is 1. The van der Waals surface area contributed by atoms with Crippen LogP contribution in [-0.4, -0.2) is 56.3 Å². The molecule has 0 saturated carbocycles. The molecule has 0 saturated heterocycles. The van der Waals surface area contributed by atoms with Crippen molar-refractivity contribution in [3.05, 3.63) is 11.9 Å². The maximum atomic E-state index is 11.5. The van der Waals surface area contributed by atoms with Crippen molar-refractivity contribution < 1.29 is 19.4 Å². The van der Waals surface area contributed by atoms with Gasteiger partial charge in [-0.15, -0.1) is 0 Å². The van der Waals surface area contributed by atoms with Crippen molar-refractivity contribution in [1.82, 2.24) is 25.6 Å². The van der Waals surface area contributed by atoms with Gasteiger partial charge in [-0.1, -0.05) is 0 Å². The molecule has 124 valence electrons. The summed E-state index contributed by atoms with van der Waals surface area (Å²) in [7, 11) is 0. The number of H-pyrrole nitrogens is 1. The van der Waals surface area contributed by atoms with Crippen LogP contribution in [0, 0.1) is 0 Å². The number of aromatic amines is 1. The zero-order valence-electron chi connectivity index (χ0n) is 13.3. The molecule has 0 radical (unpaired) electrons. The molecule has 0 aliphatic carbocycles. The lowest BCUT2D eigenvalue weighted by Gasteiger charge is -2.25. The second kappa shape index (κ2) is 7.62. The van der Waals surface area contributed by atoms with Crippen LogP contribution in [0.5, 0.6) is 0 Å². The van der Waals surface area contributed by atoms with Crippen LogP contribution >= 0.6 is 0 Å². The molecule has 9 heteroatoms. The summed E-state index contributed by atoms with van der Waals surface area (Å²) in [6.45, 7) is 7.64. The first kappa shape index (κ1) is 17.7. The minimum atomic E-state index is -1.05. The molecular weight excluding hydrogens is 290 g/mol. The fourth-order valence-corrected chi connectivity index (χ4v) is 1.78. The van der Waals surface area contributed by atoms with Crippen molar-refractivity contribution in [2.75, 3.05) is 13.1 Å². The van der Waals surface area contributed by atoms with Crippen LogP contribution in [0.2, 0.25) is 0 Å². The molecule has 1 unspecified atom stereocenters. The van der Waals surface area contributed by atoms with Gasteiger partial charge in [-0.25, -0.2) is 9.59 Å². The van der Waals surface area contributed by atoms with E-state index in [0.29, 0.717) is 18.7 Å². The Kier molecular flexibility index (Phi) is 6.14. The normalized spacial score (nSPS) is 12.5. The molecule has 1 rings (SSSR count). The number of nitrogens with zero attached hydrogens (tertiary/aromatic N) is 3. The predicted molar refractivity (Wildman–Crippen MR) is 78.4 cm³/mol. The largest absolute Gasteiger partial charge is 0.465 e. The molecule has 1 aromatic heterocycles. The van der Waals surface area contributed by atoms with Gasteiger partial charge in [0.15, 0.2) is 0 Å².